The predicted molar refractivity (Wildman–Crippen MR) is 77.1 cm³/mol. The number of aliphatic hydroxyl groups excluding tert-OH is 2. The van der Waals surface area contributed by atoms with Crippen LogP contribution in [-0.4, -0.2) is 53.4 Å². The highest BCUT2D eigenvalue weighted by Crippen LogP contribution is 2.37. The number of carbonyl (C=O) groups excluding carboxylic acids is 1. The number of para-hydroxylation sites is 1. The van der Waals surface area contributed by atoms with E-state index in [1.54, 1.807) is 11.0 Å². The van der Waals surface area contributed by atoms with Gasteiger partial charge in [-0.15, -0.1) is 0 Å². The van der Waals surface area contributed by atoms with Crippen LogP contribution in [0.2, 0.25) is 0 Å². The first-order chi connectivity index (χ1) is 10.5. The van der Waals surface area contributed by atoms with Crippen LogP contribution < -0.4 is 4.74 Å². The highest BCUT2D eigenvalue weighted by atomic mass is 19.1. The molecule has 1 aromatic carbocycles. The van der Waals surface area contributed by atoms with E-state index in [0.29, 0.717) is 25.9 Å². The molecule has 2 N–H and O–H groups in total. The SMILES string of the molecule is COc1c(F)cccc1C(=O)N1C[C@H]2C[C@H](O)[C@@H](O)C[C@H]2C1. The number of rotatable bonds is 2. The van der Waals surface area contributed by atoms with Crippen molar-refractivity contribution in [1.29, 1.82) is 0 Å². The zero-order valence-corrected chi connectivity index (χ0v) is 12.4. The van der Waals surface area contributed by atoms with Gasteiger partial charge in [0.25, 0.3) is 5.91 Å². The molecule has 22 heavy (non-hydrogen) atoms. The smallest absolute Gasteiger partial charge is 0.257 e. The molecule has 0 aromatic heterocycles. The Morgan fingerprint density at radius 2 is 1.82 bits per heavy atom. The zero-order valence-electron chi connectivity index (χ0n) is 12.4. The Morgan fingerprint density at radius 1 is 1.23 bits per heavy atom. The van der Waals surface area contributed by atoms with Crippen molar-refractivity contribution in [2.45, 2.75) is 25.0 Å². The second-order valence-corrected chi connectivity index (χ2v) is 6.16. The summed E-state index contributed by atoms with van der Waals surface area (Å²) >= 11 is 0. The summed E-state index contributed by atoms with van der Waals surface area (Å²) in [5, 5.41) is 19.5. The fraction of sp³-hybridized carbons (Fsp3) is 0.562. The van der Waals surface area contributed by atoms with E-state index in [0.717, 1.165) is 0 Å². The molecule has 0 bridgehead atoms. The molecule has 3 rings (SSSR count). The lowest BCUT2D eigenvalue weighted by Crippen LogP contribution is -2.38. The van der Waals surface area contributed by atoms with E-state index < -0.39 is 18.0 Å². The van der Waals surface area contributed by atoms with Crippen molar-refractivity contribution in [1.82, 2.24) is 4.90 Å². The average molecular weight is 309 g/mol. The Balaban J connectivity index is 1.79. The Morgan fingerprint density at radius 3 is 2.36 bits per heavy atom. The highest BCUT2D eigenvalue weighted by molar-refractivity contribution is 5.97. The van der Waals surface area contributed by atoms with Gasteiger partial charge in [-0.1, -0.05) is 6.07 Å². The molecule has 0 unspecified atom stereocenters. The molecular weight excluding hydrogens is 289 g/mol. The van der Waals surface area contributed by atoms with Gasteiger partial charge in [0.1, 0.15) is 0 Å². The molecule has 2 aliphatic rings. The monoisotopic (exact) mass is 309 g/mol. The molecular formula is C16H20FNO4. The lowest BCUT2D eigenvalue weighted by Gasteiger charge is -2.31. The lowest BCUT2D eigenvalue weighted by atomic mass is 9.79. The van der Waals surface area contributed by atoms with Crippen LogP contribution in [0.5, 0.6) is 5.75 Å². The third-order valence-electron chi connectivity index (χ3n) is 4.80. The van der Waals surface area contributed by atoms with Gasteiger partial charge in [0.15, 0.2) is 11.6 Å². The summed E-state index contributed by atoms with van der Waals surface area (Å²) in [6.07, 6.45) is -0.453. The molecule has 5 nitrogen and oxygen atoms in total. The predicted octanol–water partition coefficient (Wildman–Crippen LogP) is 1.04. The number of hydrogen-bond donors (Lipinski definition) is 2. The number of ether oxygens (including phenoxy) is 1. The fourth-order valence-electron chi connectivity index (χ4n) is 3.63. The highest BCUT2D eigenvalue weighted by Gasteiger charge is 2.42. The van der Waals surface area contributed by atoms with Crippen molar-refractivity contribution in [2.75, 3.05) is 20.2 Å². The van der Waals surface area contributed by atoms with E-state index in [1.165, 1.54) is 19.2 Å². The van der Waals surface area contributed by atoms with E-state index in [1.807, 2.05) is 0 Å². The Hall–Kier alpha value is -1.66. The molecule has 0 radical (unpaired) electrons. The Kier molecular flexibility index (Phi) is 4.06. The van der Waals surface area contributed by atoms with Gasteiger partial charge in [-0.25, -0.2) is 4.39 Å². The number of nitrogens with zero attached hydrogens (tertiary/aromatic N) is 1. The summed E-state index contributed by atoms with van der Waals surface area (Å²) in [4.78, 5) is 14.3. The number of amides is 1. The average Bonchev–Trinajstić information content (AvgIpc) is 2.89. The number of hydrogen-bond acceptors (Lipinski definition) is 4. The van der Waals surface area contributed by atoms with E-state index in [-0.39, 0.29) is 29.1 Å². The van der Waals surface area contributed by atoms with Gasteiger partial charge < -0.3 is 19.8 Å². The van der Waals surface area contributed by atoms with Crippen molar-refractivity contribution in [3.63, 3.8) is 0 Å². The summed E-state index contributed by atoms with van der Waals surface area (Å²) in [5.74, 6) is -0.503. The largest absolute Gasteiger partial charge is 0.493 e. The van der Waals surface area contributed by atoms with Gasteiger partial charge in [0.05, 0.1) is 24.9 Å². The minimum Gasteiger partial charge on any atom is -0.493 e. The van der Waals surface area contributed by atoms with Gasteiger partial charge in [-0.3, -0.25) is 4.79 Å². The van der Waals surface area contributed by atoms with Gasteiger partial charge in [-0.05, 0) is 36.8 Å². The van der Waals surface area contributed by atoms with Crippen LogP contribution >= 0.6 is 0 Å². The first-order valence-corrected chi connectivity index (χ1v) is 7.49. The van der Waals surface area contributed by atoms with Gasteiger partial charge in [0.2, 0.25) is 0 Å². The fourth-order valence-corrected chi connectivity index (χ4v) is 3.63. The molecule has 1 heterocycles. The quantitative estimate of drug-likeness (QED) is 0.856. The van der Waals surface area contributed by atoms with Crippen LogP contribution in [0.3, 0.4) is 0 Å². The first kappa shape index (κ1) is 15.2. The molecule has 1 saturated heterocycles. The first-order valence-electron chi connectivity index (χ1n) is 7.49. The zero-order chi connectivity index (χ0) is 15.9. The Bertz CT molecular complexity index is 561. The number of carbonyl (C=O) groups is 1. The van der Waals surface area contributed by atoms with Crippen LogP contribution in [-0.2, 0) is 0 Å². The number of halogens is 1. The molecule has 2 fully saturated rings. The molecule has 120 valence electrons. The van der Waals surface area contributed by atoms with Gasteiger partial charge >= 0.3 is 0 Å². The van der Waals surface area contributed by atoms with Crippen molar-refractivity contribution in [2.24, 2.45) is 11.8 Å². The second-order valence-electron chi connectivity index (χ2n) is 6.16. The maximum absolute atomic E-state index is 13.7. The summed E-state index contributed by atoms with van der Waals surface area (Å²) in [6.45, 7) is 1.04. The molecule has 6 heteroatoms. The molecule has 0 spiro atoms. The van der Waals surface area contributed by atoms with Crippen molar-refractivity contribution in [3.8, 4) is 5.75 Å². The van der Waals surface area contributed by atoms with E-state index in [4.69, 9.17) is 4.74 Å². The minimum atomic E-state index is -0.722. The van der Waals surface area contributed by atoms with Crippen LogP contribution in [0.1, 0.15) is 23.2 Å². The lowest BCUT2D eigenvalue weighted by molar-refractivity contribution is -0.0372. The standard InChI is InChI=1S/C16H20FNO4/c1-22-15-11(3-2-4-12(15)17)16(21)18-7-9-5-13(19)14(20)6-10(9)8-18/h2-4,9-10,13-14,19-20H,5-8H2,1H3/t9-,10+,13-,14-/m0/s1. The van der Waals surface area contributed by atoms with Crippen LogP contribution in [0.4, 0.5) is 4.39 Å². The third kappa shape index (κ3) is 2.57. The number of aliphatic hydroxyl groups is 2. The summed E-state index contributed by atoms with van der Waals surface area (Å²) < 4.78 is 18.7. The molecule has 1 saturated carbocycles. The number of benzene rings is 1. The summed E-state index contributed by atoms with van der Waals surface area (Å²) in [5.41, 5.74) is 0.210. The normalized spacial score (nSPS) is 31.0. The van der Waals surface area contributed by atoms with Gasteiger partial charge in [0, 0.05) is 13.1 Å². The van der Waals surface area contributed by atoms with E-state index in [9.17, 15) is 19.4 Å². The van der Waals surface area contributed by atoms with Gasteiger partial charge in [-0.2, -0.15) is 0 Å². The van der Waals surface area contributed by atoms with Crippen molar-refractivity contribution < 1.29 is 24.1 Å². The second kappa shape index (κ2) is 5.85. The summed E-state index contributed by atoms with van der Waals surface area (Å²) in [6, 6.07) is 4.30. The van der Waals surface area contributed by atoms with Crippen LogP contribution in [0, 0.1) is 17.7 Å². The van der Waals surface area contributed by atoms with Crippen LogP contribution in [0.25, 0.3) is 0 Å². The molecule has 1 amide bonds. The molecule has 1 aliphatic carbocycles. The molecule has 4 atom stereocenters. The van der Waals surface area contributed by atoms with E-state index in [2.05, 4.69) is 0 Å². The summed E-state index contributed by atoms with van der Waals surface area (Å²) in [7, 11) is 1.34. The third-order valence-corrected chi connectivity index (χ3v) is 4.80. The van der Waals surface area contributed by atoms with Crippen molar-refractivity contribution >= 4 is 5.91 Å². The van der Waals surface area contributed by atoms with Crippen LogP contribution in [0.15, 0.2) is 18.2 Å². The van der Waals surface area contributed by atoms with E-state index >= 15 is 0 Å². The number of fused-ring (bicyclic) bond motifs is 1. The number of methoxy groups -OCH3 is 1. The molecule has 1 aliphatic heterocycles. The maximum atomic E-state index is 13.7. The number of likely N-dealkylation sites (tertiary alicyclic amines) is 1. The minimum absolute atomic E-state index is 0.0394. The topological polar surface area (TPSA) is 70.0 Å². The maximum Gasteiger partial charge on any atom is 0.257 e. The molecule has 1 aromatic rings. The Labute approximate surface area is 128 Å². The van der Waals surface area contributed by atoms with Crippen molar-refractivity contribution in [3.05, 3.63) is 29.6 Å².